The summed E-state index contributed by atoms with van der Waals surface area (Å²) >= 11 is 0. The average Bonchev–Trinajstić information content (AvgIpc) is 4.28. The molecule has 0 aromatic carbocycles. The summed E-state index contributed by atoms with van der Waals surface area (Å²) in [6, 6.07) is 0. The van der Waals surface area contributed by atoms with E-state index in [1.807, 2.05) is 13.0 Å². The summed E-state index contributed by atoms with van der Waals surface area (Å²) in [7, 11) is 0. The van der Waals surface area contributed by atoms with Gasteiger partial charge < -0.3 is 20.3 Å². The van der Waals surface area contributed by atoms with Crippen molar-refractivity contribution < 1.29 is 19.7 Å². The van der Waals surface area contributed by atoms with Crippen LogP contribution < -0.4 is 5.32 Å². The number of carbonyl (C=O) groups excluding carboxylic acids is 1. The van der Waals surface area contributed by atoms with E-state index >= 15 is 0 Å². The summed E-state index contributed by atoms with van der Waals surface area (Å²) in [5.74, 6) is 0.107. The van der Waals surface area contributed by atoms with E-state index < -0.39 is 0 Å². The first kappa shape index (κ1) is 59.9. The molecule has 8 nitrogen and oxygen atoms in total. The molecular formula is C73H88N4O4. The lowest BCUT2D eigenvalue weighted by atomic mass is 9.71. The molecule has 81 heavy (non-hydrogen) atoms. The van der Waals surface area contributed by atoms with Gasteiger partial charge in [-0.1, -0.05) is 173 Å². The predicted molar refractivity (Wildman–Crippen MR) is 340 cm³/mol. The van der Waals surface area contributed by atoms with E-state index in [1.165, 1.54) is 39.0 Å². The lowest BCUT2D eigenvalue weighted by molar-refractivity contribution is -0.150. The van der Waals surface area contributed by atoms with Crippen LogP contribution in [0.15, 0.2) is 249 Å². The van der Waals surface area contributed by atoms with Gasteiger partial charge in [-0.15, -0.1) is 0 Å². The molecule has 0 radical (unpaired) electrons. The molecule has 0 unspecified atom stereocenters. The molecule has 424 valence electrons. The Labute approximate surface area is 484 Å². The van der Waals surface area contributed by atoms with E-state index in [2.05, 4.69) is 212 Å². The minimum atomic E-state index is -0.249. The molecule has 8 bridgehead atoms. The normalized spacial score (nSPS) is 25.5. The topological polar surface area (TPSA) is 116 Å². The van der Waals surface area contributed by atoms with Gasteiger partial charge in [0.1, 0.15) is 11.9 Å². The number of carbonyl (C=O) groups is 1. The number of rotatable bonds is 16. The van der Waals surface area contributed by atoms with Crippen LogP contribution in [0.1, 0.15) is 155 Å². The zero-order chi connectivity index (χ0) is 58.7. The molecule has 0 saturated carbocycles. The molecule has 0 spiro atoms. The van der Waals surface area contributed by atoms with Crippen molar-refractivity contribution in [2.24, 2.45) is 37.6 Å². The fourth-order valence-electron chi connectivity index (χ4n) is 13.1. The van der Waals surface area contributed by atoms with Crippen LogP contribution >= 0.6 is 0 Å². The van der Waals surface area contributed by atoms with E-state index in [-0.39, 0.29) is 47.3 Å². The highest BCUT2D eigenvalue weighted by Gasteiger charge is 2.42. The Morgan fingerprint density at radius 1 is 0.741 bits per heavy atom. The second kappa shape index (κ2) is 24.9. The van der Waals surface area contributed by atoms with Crippen LogP contribution in [-0.2, 0) is 9.53 Å². The Morgan fingerprint density at radius 3 is 1.90 bits per heavy atom. The van der Waals surface area contributed by atoms with Crippen LogP contribution in [0, 0.1) is 22.7 Å². The molecule has 1 saturated heterocycles. The molecule has 4 atom stereocenters. The highest BCUT2D eigenvalue weighted by atomic mass is 16.5. The van der Waals surface area contributed by atoms with Crippen molar-refractivity contribution in [3.05, 3.63) is 234 Å². The Balaban J connectivity index is 0.889. The SMILES string of the molecule is C=CC1=C(C)C2=NC1=CC1=NC(=CC3=C(C)C4=C(O)CC(=C5NC(=C2)[C@@H](C)[C@@H]5CCC(=O)O[C@@H]2CC(C)=C(/C=C/C(C)=C/C=C/C(C)=C/C=C/C=C(C)/C=C/C=C(C)/C=C/C5=C(C)C[C@@H](O)CC5(C)C)C(C)(C)C2)C4=N3)C(CC)=C1C. The van der Waals surface area contributed by atoms with Crippen LogP contribution in [0.25, 0.3) is 0 Å². The molecule has 5 aliphatic heterocycles. The number of hydrogen-bond donors (Lipinski definition) is 3. The average molecular weight is 1090 g/mol. The first-order valence-electron chi connectivity index (χ1n) is 29.3. The number of fused-ring (bicyclic) bond motifs is 5. The van der Waals surface area contributed by atoms with Crippen LogP contribution in [0.2, 0.25) is 0 Å². The van der Waals surface area contributed by atoms with Crippen LogP contribution in [0.3, 0.4) is 0 Å². The maximum absolute atomic E-state index is 14.0. The van der Waals surface area contributed by atoms with Crippen molar-refractivity contribution >= 4 is 23.1 Å². The second-order valence-corrected chi connectivity index (χ2v) is 24.9. The highest BCUT2D eigenvalue weighted by Crippen LogP contribution is 2.48. The van der Waals surface area contributed by atoms with Crippen LogP contribution in [0.5, 0.6) is 0 Å². The van der Waals surface area contributed by atoms with Gasteiger partial charge in [0, 0.05) is 59.2 Å². The molecule has 8 rings (SSSR count). The van der Waals surface area contributed by atoms with Crippen molar-refractivity contribution in [1.29, 1.82) is 0 Å². The van der Waals surface area contributed by atoms with Crippen molar-refractivity contribution in [1.82, 2.24) is 5.32 Å². The largest absolute Gasteiger partial charge is 0.511 e. The van der Waals surface area contributed by atoms with Gasteiger partial charge in [0.05, 0.1) is 40.3 Å². The van der Waals surface area contributed by atoms with Gasteiger partial charge in [-0.25, -0.2) is 15.0 Å². The van der Waals surface area contributed by atoms with Gasteiger partial charge in [-0.3, -0.25) is 4.79 Å². The number of aliphatic hydroxyl groups is 2. The number of aliphatic imine (C=N–C) groups is 3. The molecule has 3 N–H and O–H groups in total. The van der Waals surface area contributed by atoms with E-state index in [0.29, 0.717) is 25.0 Å². The van der Waals surface area contributed by atoms with Crippen LogP contribution in [-0.4, -0.2) is 45.5 Å². The zero-order valence-electron chi connectivity index (χ0n) is 51.1. The van der Waals surface area contributed by atoms with E-state index in [9.17, 15) is 15.0 Å². The first-order chi connectivity index (χ1) is 38.4. The standard InChI is InChI=1S/C73H88N4O4/c1-17-55-49(9)61-38-63-51(11)57(70(76-63)58-37-67(79)69-52(12)64(77-71(58)69)40-66-56(18-2)50(10)62(75-66)39-65(55)74-61)31-34-68(80)81-54-36-48(8)60(73(15,16)42-54)33-30-46(6)28-22-26-44(4)24-20-19-23-43(3)25-21-27-45(5)29-32-59-47(7)35-53(78)41-72(59,13)14/h17,19-30,32-33,38-40,51,53-54,57,76,78-79H,1,18,31,34-37,41-42H2,2-16H3/b20-19+,25-21+,26-22+,32-29+,33-30+,43-23+,44-24+,45-27+,46-28+,63-38?,65-39?,66-40?,70-58?/t51-,53+,54+,57-/m0/s1. The van der Waals surface area contributed by atoms with E-state index in [0.717, 1.165) is 116 Å². The molecule has 8 aliphatic rings. The maximum Gasteiger partial charge on any atom is 0.306 e. The smallest absolute Gasteiger partial charge is 0.306 e. The Morgan fingerprint density at radius 2 is 1.31 bits per heavy atom. The van der Waals surface area contributed by atoms with Crippen molar-refractivity contribution in [2.75, 3.05) is 0 Å². The van der Waals surface area contributed by atoms with Gasteiger partial charge in [0.2, 0.25) is 0 Å². The Bertz CT molecular complexity index is 3410. The quantitative estimate of drug-likeness (QED) is 0.105. The maximum atomic E-state index is 14.0. The van der Waals surface area contributed by atoms with Crippen molar-refractivity contribution in [3.63, 3.8) is 0 Å². The second-order valence-electron chi connectivity index (χ2n) is 24.9. The zero-order valence-corrected chi connectivity index (χ0v) is 51.1. The fraction of sp³-hybridized carbons (Fsp3) is 0.397. The molecule has 3 aliphatic carbocycles. The van der Waals surface area contributed by atoms with Gasteiger partial charge in [-0.2, -0.15) is 0 Å². The number of nitrogens with one attached hydrogen (secondary N) is 1. The van der Waals surface area contributed by atoms with E-state index in [4.69, 9.17) is 19.7 Å². The fourth-order valence-corrected chi connectivity index (χ4v) is 13.1. The monoisotopic (exact) mass is 1080 g/mol. The number of aliphatic hydroxyl groups excluding tert-OH is 2. The molecule has 1 fully saturated rings. The number of hydrogen-bond acceptors (Lipinski definition) is 8. The minimum Gasteiger partial charge on any atom is -0.511 e. The summed E-state index contributed by atoms with van der Waals surface area (Å²) in [5, 5.41) is 25.6. The molecule has 0 aromatic heterocycles. The summed E-state index contributed by atoms with van der Waals surface area (Å²) < 4.78 is 6.36. The summed E-state index contributed by atoms with van der Waals surface area (Å²) in [4.78, 5) is 29.5. The third-order valence-electron chi connectivity index (χ3n) is 17.5. The molecule has 0 amide bonds. The molecule has 0 aromatic rings. The minimum absolute atomic E-state index is 0.0228. The summed E-state index contributed by atoms with van der Waals surface area (Å²) in [6.07, 6.45) is 42.7. The third-order valence-corrected chi connectivity index (χ3v) is 17.5. The van der Waals surface area contributed by atoms with Gasteiger partial charge in [0.15, 0.2) is 0 Å². The Hall–Kier alpha value is -7.16. The lowest BCUT2D eigenvalue weighted by Crippen LogP contribution is -2.32. The summed E-state index contributed by atoms with van der Waals surface area (Å²) in [6.45, 7) is 36.5. The predicted octanol–water partition coefficient (Wildman–Crippen LogP) is 17.7. The first-order valence-corrected chi connectivity index (χ1v) is 29.3. The molecule has 8 heteroatoms. The number of nitrogens with zero attached hydrogens (tertiary/aromatic N) is 3. The number of ether oxygens (including phenoxy) is 1. The Kier molecular flexibility index (Phi) is 18.4. The third kappa shape index (κ3) is 13.5. The number of allylic oxidation sites excluding steroid dienone is 32. The molecular weight excluding hydrogens is 997 g/mol. The lowest BCUT2D eigenvalue weighted by Gasteiger charge is -2.37. The van der Waals surface area contributed by atoms with Crippen LogP contribution in [0.4, 0.5) is 0 Å². The van der Waals surface area contributed by atoms with Gasteiger partial charge in [0.25, 0.3) is 0 Å². The van der Waals surface area contributed by atoms with Gasteiger partial charge in [-0.05, 0) is 157 Å². The van der Waals surface area contributed by atoms with Crippen molar-refractivity contribution in [2.45, 2.75) is 167 Å². The number of esters is 1. The van der Waals surface area contributed by atoms with E-state index in [1.54, 1.807) is 0 Å². The molecule has 5 heterocycles. The van der Waals surface area contributed by atoms with Crippen molar-refractivity contribution in [3.8, 4) is 0 Å². The van der Waals surface area contributed by atoms with Gasteiger partial charge >= 0.3 is 5.97 Å². The highest BCUT2D eigenvalue weighted by molar-refractivity contribution is 6.21. The summed E-state index contributed by atoms with van der Waals surface area (Å²) in [5.41, 5.74) is 23.7.